The van der Waals surface area contributed by atoms with Crippen molar-refractivity contribution in [2.75, 3.05) is 0 Å². The highest BCUT2D eigenvalue weighted by Gasteiger charge is 2.76. The van der Waals surface area contributed by atoms with Crippen LogP contribution in [-0.4, -0.2) is 30.8 Å². The third kappa shape index (κ3) is 2.10. The lowest BCUT2D eigenvalue weighted by Gasteiger charge is -2.78. The van der Waals surface area contributed by atoms with Crippen molar-refractivity contribution in [3.8, 4) is 0 Å². The Morgan fingerprint density at radius 1 is 0.385 bits per heavy atom. The molecule has 8 aliphatic rings. The van der Waals surface area contributed by atoms with Gasteiger partial charge in [-0.15, -0.1) is 0 Å². The van der Waals surface area contributed by atoms with Crippen LogP contribution in [0.25, 0.3) is 0 Å². The summed E-state index contributed by atoms with van der Waals surface area (Å²) in [4.78, 5) is 0. The highest BCUT2D eigenvalue weighted by molar-refractivity contribution is 9.10. The van der Waals surface area contributed by atoms with Crippen LogP contribution in [0.4, 0.5) is 0 Å². The molecule has 0 aromatic rings. The molecule has 0 saturated heterocycles. The highest BCUT2D eigenvalue weighted by atomic mass is 79.9. The van der Waals surface area contributed by atoms with Gasteiger partial charge in [0.2, 0.25) is 0 Å². The zero-order chi connectivity index (χ0) is 18.5. The maximum Gasteiger partial charge on any atom is 0.0298 e. The average molecular weight is 488 g/mol. The van der Waals surface area contributed by atoms with E-state index in [9.17, 15) is 0 Å². The molecular weight excluding hydrogens is 456 g/mol. The van der Waals surface area contributed by atoms with Crippen molar-refractivity contribution in [1.82, 2.24) is 0 Å². The second kappa shape index (κ2) is 4.29. The minimum absolute atomic E-state index is 0.109. The van der Waals surface area contributed by atoms with Gasteiger partial charge in [0.15, 0.2) is 0 Å². The van der Waals surface area contributed by atoms with E-state index in [-0.39, 0.29) is 41.6 Å². The minimum atomic E-state index is -0.126. The summed E-state index contributed by atoms with van der Waals surface area (Å²) in [6, 6.07) is 0. The van der Waals surface area contributed by atoms with E-state index in [2.05, 4.69) is 31.9 Å². The monoisotopic (exact) mass is 486 g/mol. The molecule has 4 atom stereocenters. The lowest BCUT2D eigenvalue weighted by molar-refractivity contribution is -0.203. The summed E-state index contributed by atoms with van der Waals surface area (Å²) >= 11 is 8.30. The fraction of sp³-hybridized carbons (Fsp3) is 1.00. The van der Waals surface area contributed by atoms with E-state index in [0.717, 1.165) is 64.2 Å². The van der Waals surface area contributed by atoms with Gasteiger partial charge in [0.1, 0.15) is 0 Å². The predicted octanol–water partition coefficient (Wildman–Crippen LogP) is 2.78. The molecular formula is C20H32Br2N4. The number of alkyl halides is 2. The van der Waals surface area contributed by atoms with Gasteiger partial charge in [0, 0.05) is 30.8 Å². The van der Waals surface area contributed by atoms with Crippen molar-refractivity contribution in [3.05, 3.63) is 0 Å². The van der Waals surface area contributed by atoms with E-state index >= 15 is 0 Å². The Bertz CT molecular complexity index is 556. The first-order valence-corrected chi connectivity index (χ1v) is 11.9. The van der Waals surface area contributed by atoms with E-state index in [1.807, 2.05) is 0 Å². The molecule has 8 fully saturated rings. The van der Waals surface area contributed by atoms with Crippen LogP contribution in [0.5, 0.6) is 0 Å². The van der Waals surface area contributed by atoms with Crippen LogP contribution < -0.4 is 22.9 Å². The van der Waals surface area contributed by atoms with Gasteiger partial charge in [0.25, 0.3) is 0 Å². The van der Waals surface area contributed by atoms with Crippen molar-refractivity contribution in [2.24, 2.45) is 33.8 Å². The molecule has 0 aliphatic heterocycles. The molecule has 8 rings (SSSR count). The molecule has 8 N–H and O–H groups in total. The van der Waals surface area contributed by atoms with Crippen molar-refractivity contribution in [3.63, 3.8) is 0 Å². The summed E-state index contributed by atoms with van der Waals surface area (Å²) in [5, 5.41) is 0. The second-order valence-corrected chi connectivity index (χ2v) is 15.8. The molecule has 0 radical (unpaired) electrons. The fourth-order valence-electron chi connectivity index (χ4n) is 10.5. The maximum atomic E-state index is 7.01. The third-order valence-electron chi connectivity index (χ3n) is 9.28. The SMILES string of the molecule is NC12CC3(N)CC(Br)(C1)CC(C14CC5(N)CC(N)(CC(Br)(C5)C1)C4)(C2)C3. The smallest absolute Gasteiger partial charge is 0.0298 e. The number of rotatable bonds is 1. The van der Waals surface area contributed by atoms with Gasteiger partial charge in [-0.25, -0.2) is 0 Å². The third-order valence-corrected chi connectivity index (χ3v) is 11.0. The lowest BCUT2D eigenvalue weighted by atomic mass is 9.31. The van der Waals surface area contributed by atoms with Crippen LogP contribution in [0, 0.1) is 10.8 Å². The Labute approximate surface area is 173 Å². The molecule has 6 heteroatoms. The molecule has 0 heterocycles. The summed E-state index contributed by atoms with van der Waals surface area (Å²) in [5.41, 5.74) is 27.9. The van der Waals surface area contributed by atoms with E-state index in [0.29, 0.717) is 0 Å². The van der Waals surface area contributed by atoms with E-state index < -0.39 is 0 Å². The van der Waals surface area contributed by atoms with Gasteiger partial charge in [0.05, 0.1) is 0 Å². The normalized spacial score (nSPS) is 70.8. The molecule has 4 nitrogen and oxygen atoms in total. The molecule has 4 unspecified atom stereocenters. The van der Waals surface area contributed by atoms with Crippen LogP contribution in [-0.2, 0) is 0 Å². The molecule has 8 bridgehead atoms. The molecule has 0 spiro atoms. The van der Waals surface area contributed by atoms with E-state index in [1.54, 1.807) is 0 Å². The van der Waals surface area contributed by atoms with Gasteiger partial charge in [-0.1, -0.05) is 31.9 Å². The quantitative estimate of drug-likeness (QED) is 0.427. The average Bonchev–Trinajstić information content (AvgIpc) is 2.25. The van der Waals surface area contributed by atoms with Crippen LogP contribution in [0.1, 0.15) is 77.0 Å². The summed E-state index contributed by atoms with van der Waals surface area (Å²) in [6.45, 7) is 0. The van der Waals surface area contributed by atoms with Crippen LogP contribution in [0.2, 0.25) is 0 Å². The van der Waals surface area contributed by atoms with Gasteiger partial charge >= 0.3 is 0 Å². The molecule has 0 aromatic carbocycles. The minimum Gasteiger partial charge on any atom is -0.325 e. The van der Waals surface area contributed by atoms with Crippen molar-refractivity contribution in [1.29, 1.82) is 0 Å². The molecule has 0 amide bonds. The van der Waals surface area contributed by atoms with Crippen molar-refractivity contribution < 1.29 is 0 Å². The molecule has 8 saturated carbocycles. The van der Waals surface area contributed by atoms with Crippen molar-refractivity contribution >= 4 is 31.9 Å². The lowest BCUT2D eigenvalue weighted by Crippen LogP contribution is -2.81. The standard InChI is InChI=1S/C20H32Br2N4/c21-15-1-13(3-17(23,7-15)11-18(24,4-13)8-15)14-2-16(22)9-19(25,5-14)12-20(26,6-14)10-16/h1-12,23-26H2. The highest BCUT2D eigenvalue weighted by Crippen LogP contribution is 2.78. The number of hydrogen-bond donors (Lipinski definition) is 4. The molecule has 26 heavy (non-hydrogen) atoms. The Morgan fingerprint density at radius 2 is 0.654 bits per heavy atom. The zero-order valence-electron chi connectivity index (χ0n) is 15.6. The molecule has 0 aromatic heterocycles. The van der Waals surface area contributed by atoms with Gasteiger partial charge in [-0.2, -0.15) is 0 Å². The summed E-state index contributed by atoms with van der Waals surface area (Å²) in [7, 11) is 0. The van der Waals surface area contributed by atoms with E-state index in [1.165, 1.54) is 12.8 Å². The summed E-state index contributed by atoms with van der Waals surface area (Å²) < 4.78 is 0.217. The Hall–Kier alpha value is 0.800. The topological polar surface area (TPSA) is 104 Å². The van der Waals surface area contributed by atoms with E-state index in [4.69, 9.17) is 22.9 Å². The van der Waals surface area contributed by atoms with Crippen LogP contribution in [0.3, 0.4) is 0 Å². The molecule has 146 valence electrons. The predicted molar refractivity (Wildman–Crippen MR) is 111 cm³/mol. The number of hydrogen-bond acceptors (Lipinski definition) is 4. The second-order valence-electron chi connectivity index (χ2n) is 12.4. The Kier molecular flexibility index (Phi) is 2.91. The molecule has 8 aliphatic carbocycles. The summed E-state index contributed by atoms with van der Waals surface area (Å²) in [6.07, 6.45) is 13.1. The van der Waals surface area contributed by atoms with Gasteiger partial charge < -0.3 is 22.9 Å². The first kappa shape index (κ1) is 17.6. The number of halogens is 2. The van der Waals surface area contributed by atoms with Gasteiger partial charge in [-0.3, -0.25) is 0 Å². The zero-order valence-corrected chi connectivity index (χ0v) is 18.7. The first-order chi connectivity index (χ1) is 11.7. The van der Waals surface area contributed by atoms with Crippen molar-refractivity contribution in [2.45, 2.75) is 108 Å². The maximum absolute atomic E-state index is 7.01. The summed E-state index contributed by atoms with van der Waals surface area (Å²) in [5.74, 6) is 0. The Morgan fingerprint density at radius 3 is 0.885 bits per heavy atom. The fourth-order valence-corrected chi connectivity index (χ4v) is 13.8. The van der Waals surface area contributed by atoms with Gasteiger partial charge in [-0.05, 0) is 87.9 Å². The number of nitrogens with two attached hydrogens (primary N) is 4. The Balaban J connectivity index is 1.53. The largest absolute Gasteiger partial charge is 0.325 e. The van der Waals surface area contributed by atoms with Crippen LogP contribution in [0.15, 0.2) is 0 Å². The van der Waals surface area contributed by atoms with Crippen LogP contribution >= 0.6 is 31.9 Å². The first-order valence-electron chi connectivity index (χ1n) is 10.3.